The van der Waals surface area contributed by atoms with E-state index < -0.39 is 38.9 Å². The molecule has 1 amide bonds. The third kappa shape index (κ3) is 5.06. The Labute approximate surface area is 164 Å². The highest BCUT2D eigenvalue weighted by Crippen LogP contribution is 2.31. The molecule has 2 aromatic rings. The Morgan fingerprint density at radius 3 is 2.31 bits per heavy atom. The lowest BCUT2D eigenvalue weighted by atomic mass is 10.1. The Morgan fingerprint density at radius 2 is 1.69 bits per heavy atom. The van der Waals surface area contributed by atoms with Gasteiger partial charge in [-0.2, -0.15) is 0 Å². The van der Waals surface area contributed by atoms with Crippen LogP contribution in [0.1, 0.15) is 27.6 Å². The average molecular weight is 431 g/mol. The van der Waals surface area contributed by atoms with Crippen LogP contribution in [-0.4, -0.2) is 44.4 Å². The summed E-state index contributed by atoms with van der Waals surface area (Å²) in [5, 5.41) is -1.07. The summed E-state index contributed by atoms with van der Waals surface area (Å²) in [6.45, 7) is -0.0230. The van der Waals surface area contributed by atoms with Crippen molar-refractivity contribution < 1.29 is 35.5 Å². The third-order valence-corrected chi connectivity index (χ3v) is 6.72. The van der Waals surface area contributed by atoms with Gasteiger partial charge in [-0.05, 0) is 36.8 Å². The fourth-order valence-corrected chi connectivity index (χ4v) is 5.02. The number of ether oxygens (including phenoxy) is 1. The maximum atomic E-state index is 14.1. The molecule has 1 heterocycles. The number of alkyl halides is 3. The number of sulfone groups is 1. The molecule has 0 spiro atoms. The van der Waals surface area contributed by atoms with Gasteiger partial charge in [-0.25, -0.2) is 12.8 Å². The Hall–Kier alpha value is -2.62. The fourth-order valence-electron chi connectivity index (χ4n) is 3.21. The van der Waals surface area contributed by atoms with Gasteiger partial charge >= 0.3 is 6.36 Å². The maximum absolute atomic E-state index is 14.1. The van der Waals surface area contributed by atoms with E-state index in [4.69, 9.17) is 0 Å². The predicted octanol–water partition coefficient (Wildman–Crippen LogP) is 3.73. The van der Waals surface area contributed by atoms with Gasteiger partial charge in [0, 0.05) is 24.2 Å². The number of hydrogen-bond donors (Lipinski definition) is 0. The first-order valence-electron chi connectivity index (χ1n) is 8.68. The number of nitrogens with zero attached hydrogens (tertiary/aromatic N) is 1. The third-order valence-electron chi connectivity index (χ3n) is 4.61. The van der Waals surface area contributed by atoms with Gasteiger partial charge in [0.05, 0.1) is 11.0 Å². The van der Waals surface area contributed by atoms with Crippen molar-refractivity contribution in [2.45, 2.75) is 18.0 Å². The van der Waals surface area contributed by atoms with Crippen LogP contribution in [0.5, 0.6) is 5.75 Å². The number of carbonyl (C=O) groups is 1. The molecule has 0 aliphatic carbocycles. The molecule has 0 radical (unpaired) electrons. The van der Waals surface area contributed by atoms with Gasteiger partial charge in [0.1, 0.15) is 11.6 Å². The smallest absolute Gasteiger partial charge is 0.406 e. The monoisotopic (exact) mass is 431 g/mol. The molecule has 1 aliphatic rings. The molecule has 29 heavy (non-hydrogen) atoms. The topological polar surface area (TPSA) is 63.7 Å². The first kappa shape index (κ1) is 21.1. The van der Waals surface area contributed by atoms with E-state index in [9.17, 15) is 30.8 Å². The highest BCUT2D eigenvalue weighted by atomic mass is 32.2. The molecule has 156 valence electrons. The highest BCUT2D eigenvalue weighted by Gasteiger charge is 2.34. The van der Waals surface area contributed by atoms with E-state index in [-0.39, 0.29) is 36.4 Å². The second kappa shape index (κ2) is 8.02. The molecule has 2 aromatic carbocycles. The van der Waals surface area contributed by atoms with E-state index in [0.29, 0.717) is 0 Å². The van der Waals surface area contributed by atoms with Gasteiger partial charge in [0.15, 0.2) is 9.84 Å². The molecular formula is C19H17F4NO4S. The van der Waals surface area contributed by atoms with E-state index >= 15 is 0 Å². The number of amides is 1. The van der Waals surface area contributed by atoms with Gasteiger partial charge in [-0.15, -0.1) is 13.2 Å². The molecule has 3 rings (SSSR count). The Kier molecular flexibility index (Phi) is 5.83. The lowest BCUT2D eigenvalue weighted by Gasteiger charge is -2.20. The quantitative estimate of drug-likeness (QED) is 0.695. The summed E-state index contributed by atoms with van der Waals surface area (Å²) in [7, 11) is -3.69. The van der Waals surface area contributed by atoms with Crippen molar-refractivity contribution in [3.05, 3.63) is 65.5 Å². The number of carbonyl (C=O) groups excluding carboxylic acids is 1. The van der Waals surface area contributed by atoms with E-state index in [1.54, 1.807) is 6.07 Å². The zero-order valence-electron chi connectivity index (χ0n) is 15.0. The maximum Gasteiger partial charge on any atom is 0.573 e. The highest BCUT2D eigenvalue weighted by molar-refractivity contribution is 7.91. The molecule has 0 unspecified atom stereocenters. The molecule has 1 atom stereocenters. The molecule has 0 saturated carbocycles. The Balaban J connectivity index is 1.76. The zero-order chi connectivity index (χ0) is 21.2. The summed E-state index contributed by atoms with van der Waals surface area (Å²) in [6, 6.07) is 9.98. The summed E-state index contributed by atoms with van der Waals surface area (Å²) >= 11 is 0. The van der Waals surface area contributed by atoms with Crippen LogP contribution in [0, 0.1) is 5.82 Å². The van der Waals surface area contributed by atoms with Crippen LogP contribution in [0.2, 0.25) is 0 Å². The first-order valence-corrected chi connectivity index (χ1v) is 10.4. The molecular weight excluding hydrogens is 414 g/mol. The average Bonchev–Trinajstić information content (AvgIpc) is 2.79. The summed E-state index contributed by atoms with van der Waals surface area (Å²) in [5.74, 6) is -1.95. The van der Waals surface area contributed by atoms with Crippen molar-refractivity contribution in [3.8, 4) is 5.75 Å². The van der Waals surface area contributed by atoms with Gasteiger partial charge in [0.2, 0.25) is 0 Å². The fraction of sp³-hybridized carbons (Fsp3) is 0.316. The van der Waals surface area contributed by atoms with Crippen molar-refractivity contribution in [3.63, 3.8) is 0 Å². The minimum absolute atomic E-state index is 0.0181. The standard InChI is InChI=1S/C19H17F4NO4S/c20-16-4-2-1-3-15(16)17-9-10-24(11-12-29(17,26)27)18(25)13-5-7-14(8-6-13)28-19(21,22)23/h1-8,17H,9-12H2/t17-/m0/s1. The summed E-state index contributed by atoms with van der Waals surface area (Å²) in [6.07, 6.45) is -4.82. The van der Waals surface area contributed by atoms with Crippen LogP contribution < -0.4 is 4.74 Å². The lowest BCUT2D eigenvalue weighted by molar-refractivity contribution is -0.274. The second-order valence-electron chi connectivity index (χ2n) is 6.53. The summed E-state index contributed by atoms with van der Waals surface area (Å²) in [5.41, 5.74) is 0.164. The van der Waals surface area contributed by atoms with Crippen LogP contribution in [0.3, 0.4) is 0 Å². The van der Waals surface area contributed by atoms with Crippen molar-refractivity contribution in [2.75, 3.05) is 18.8 Å². The largest absolute Gasteiger partial charge is 0.573 e. The van der Waals surface area contributed by atoms with Gasteiger partial charge in [0.25, 0.3) is 5.91 Å². The molecule has 1 fully saturated rings. The van der Waals surface area contributed by atoms with E-state index in [0.717, 1.165) is 12.1 Å². The number of hydrogen-bond acceptors (Lipinski definition) is 4. The molecule has 0 bridgehead atoms. The van der Waals surface area contributed by atoms with Crippen molar-refractivity contribution in [1.82, 2.24) is 4.90 Å². The van der Waals surface area contributed by atoms with E-state index in [1.807, 2.05) is 0 Å². The van der Waals surface area contributed by atoms with Crippen molar-refractivity contribution >= 4 is 15.7 Å². The lowest BCUT2D eigenvalue weighted by Crippen LogP contribution is -2.33. The minimum Gasteiger partial charge on any atom is -0.406 e. The zero-order valence-corrected chi connectivity index (χ0v) is 15.8. The van der Waals surface area contributed by atoms with Gasteiger partial charge in [-0.1, -0.05) is 18.2 Å². The van der Waals surface area contributed by atoms with Gasteiger partial charge in [-0.3, -0.25) is 4.79 Å². The molecule has 0 aromatic heterocycles. The van der Waals surface area contributed by atoms with Crippen LogP contribution in [0.4, 0.5) is 17.6 Å². The van der Waals surface area contributed by atoms with E-state index in [1.165, 1.54) is 35.2 Å². The van der Waals surface area contributed by atoms with Crippen molar-refractivity contribution in [1.29, 1.82) is 0 Å². The SMILES string of the molecule is O=C(c1ccc(OC(F)(F)F)cc1)N1CC[C@@H](c2ccccc2F)S(=O)(=O)CC1. The van der Waals surface area contributed by atoms with Gasteiger partial charge < -0.3 is 9.64 Å². The normalized spacial score (nSPS) is 19.4. The van der Waals surface area contributed by atoms with Crippen LogP contribution in [0.15, 0.2) is 48.5 Å². The predicted molar refractivity (Wildman–Crippen MR) is 96.6 cm³/mol. The number of benzene rings is 2. The van der Waals surface area contributed by atoms with Crippen LogP contribution >= 0.6 is 0 Å². The Bertz CT molecular complexity index is 990. The number of rotatable bonds is 3. The Morgan fingerprint density at radius 1 is 1.03 bits per heavy atom. The van der Waals surface area contributed by atoms with E-state index in [2.05, 4.69) is 4.74 Å². The van der Waals surface area contributed by atoms with Crippen molar-refractivity contribution in [2.24, 2.45) is 0 Å². The van der Waals surface area contributed by atoms with Crippen LogP contribution in [0.25, 0.3) is 0 Å². The molecule has 10 heteroatoms. The molecule has 5 nitrogen and oxygen atoms in total. The molecule has 1 saturated heterocycles. The van der Waals surface area contributed by atoms with Crippen LogP contribution in [-0.2, 0) is 9.84 Å². The summed E-state index contributed by atoms with van der Waals surface area (Å²) < 4.78 is 79.8. The number of halogens is 4. The second-order valence-corrected chi connectivity index (χ2v) is 8.83. The summed E-state index contributed by atoms with van der Waals surface area (Å²) in [4.78, 5) is 14.0. The first-order chi connectivity index (χ1) is 13.6. The molecule has 0 N–H and O–H groups in total. The molecule has 1 aliphatic heterocycles. The minimum atomic E-state index is -4.84.